The number of benzene rings is 3. The first-order valence-electron chi connectivity index (χ1n) is 7.18. The van der Waals surface area contributed by atoms with E-state index in [1.807, 2.05) is 18.2 Å². The SMILES string of the molecule is NC(Cc1cccc(Cl)c1)Cc1ccc2ccccc2c1. The Kier molecular flexibility index (Phi) is 4.23. The summed E-state index contributed by atoms with van der Waals surface area (Å²) in [6.45, 7) is 0. The molecule has 0 aliphatic heterocycles. The molecule has 3 aromatic carbocycles. The van der Waals surface area contributed by atoms with Crippen LogP contribution in [-0.4, -0.2) is 6.04 Å². The van der Waals surface area contributed by atoms with Gasteiger partial charge in [0.25, 0.3) is 0 Å². The number of rotatable bonds is 4. The van der Waals surface area contributed by atoms with Gasteiger partial charge in [-0.05, 0) is 46.9 Å². The van der Waals surface area contributed by atoms with Crippen molar-refractivity contribution in [3.8, 4) is 0 Å². The topological polar surface area (TPSA) is 26.0 Å². The van der Waals surface area contributed by atoms with Crippen molar-refractivity contribution in [3.63, 3.8) is 0 Å². The molecule has 0 spiro atoms. The average molecular weight is 296 g/mol. The predicted octanol–water partition coefficient (Wildman–Crippen LogP) is 4.61. The highest BCUT2D eigenvalue weighted by Crippen LogP contribution is 2.18. The van der Waals surface area contributed by atoms with Gasteiger partial charge in [-0.2, -0.15) is 0 Å². The Morgan fingerprint density at radius 3 is 2.24 bits per heavy atom. The van der Waals surface area contributed by atoms with Gasteiger partial charge in [0.15, 0.2) is 0 Å². The van der Waals surface area contributed by atoms with Crippen LogP contribution in [0.4, 0.5) is 0 Å². The van der Waals surface area contributed by atoms with Gasteiger partial charge in [0.1, 0.15) is 0 Å². The zero-order chi connectivity index (χ0) is 14.7. The third kappa shape index (κ3) is 3.63. The van der Waals surface area contributed by atoms with Gasteiger partial charge < -0.3 is 5.73 Å². The lowest BCUT2D eigenvalue weighted by Gasteiger charge is -2.12. The fraction of sp³-hybridized carbons (Fsp3) is 0.158. The smallest absolute Gasteiger partial charge is 0.0408 e. The van der Waals surface area contributed by atoms with Crippen molar-refractivity contribution < 1.29 is 0 Å². The van der Waals surface area contributed by atoms with Crippen LogP contribution in [-0.2, 0) is 12.8 Å². The first kappa shape index (κ1) is 14.1. The summed E-state index contributed by atoms with van der Waals surface area (Å²) >= 11 is 6.01. The van der Waals surface area contributed by atoms with E-state index in [0.717, 1.165) is 17.9 Å². The standard InChI is InChI=1S/C19H18ClN/c20-18-7-3-4-14(11-18)12-19(21)13-15-8-9-16-5-1-2-6-17(16)10-15/h1-11,19H,12-13,21H2. The zero-order valence-corrected chi connectivity index (χ0v) is 12.6. The van der Waals surface area contributed by atoms with Crippen LogP contribution >= 0.6 is 11.6 Å². The Labute approximate surface area is 130 Å². The largest absolute Gasteiger partial charge is 0.327 e. The molecule has 21 heavy (non-hydrogen) atoms. The van der Waals surface area contributed by atoms with Crippen molar-refractivity contribution in [3.05, 3.63) is 82.9 Å². The van der Waals surface area contributed by atoms with Crippen LogP contribution in [0, 0.1) is 0 Å². The van der Waals surface area contributed by atoms with Gasteiger partial charge in [-0.25, -0.2) is 0 Å². The molecule has 0 aromatic heterocycles. The van der Waals surface area contributed by atoms with Crippen molar-refractivity contribution in [2.24, 2.45) is 5.73 Å². The maximum atomic E-state index is 6.29. The molecule has 0 aliphatic carbocycles. The molecule has 0 radical (unpaired) electrons. The Morgan fingerprint density at radius 2 is 1.48 bits per heavy atom. The minimum atomic E-state index is 0.102. The molecule has 0 heterocycles. The monoisotopic (exact) mass is 295 g/mol. The molecule has 0 saturated heterocycles. The molecular formula is C19H18ClN. The van der Waals surface area contributed by atoms with E-state index < -0.39 is 0 Å². The lowest BCUT2D eigenvalue weighted by Crippen LogP contribution is -2.25. The van der Waals surface area contributed by atoms with E-state index in [9.17, 15) is 0 Å². The quantitative estimate of drug-likeness (QED) is 0.747. The molecule has 0 aliphatic rings. The van der Waals surface area contributed by atoms with Gasteiger partial charge in [0.2, 0.25) is 0 Å². The molecule has 0 bridgehead atoms. The lowest BCUT2D eigenvalue weighted by atomic mass is 9.98. The summed E-state index contributed by atoms with van der Waals surface area (Å²) in [5.74, 6) is 0. The maximum Gasteiger partial charge on any atom is 0.0408 e. The zero-order valence-electron chi connectivity index (χ0n) is 11.8. The third-order valence-corrected chi connectivity index (χ3v) is 3.93. The fourth-order valence-electron chi connectivity index (χ4n) is 2.71. The number of halogens is 1. The number of fused-ring (bicyclic) bond motifs is 1. The van der Waals surface area contributed by atoms with Gasteiger partial charge >= 0.3 is 0 Å². The van der Waals surface area contributed by atoms with Gasteiger partial charge in [0, 0.05) is 11.1 Å². The molecule has 1 atom stereocenters. The minimum Gasteiger partial charge on any atom is -0.327 e. The highest BCUT2D eigenvalue weighted by molar-refractivity contribution is 6.30. The van der Waals surface area contributed by atoms with Crippen molar-refractivity contribution in [1.82, 2.24) is 0 Å². The van der Waals surface area contributed by atoms with Crippen LogP contribution in [0.3, 0.4) is 0 Å². The van der Waals surface area contributed by atoms with E-state index >= 15 is 0 Å². The van der Waals surface area contributed by atoms with Crippen LogP contribution in [0.25, 0.3) is 10.8 Å². The summed E-state index contributed by atoms with van der Waals surface area (Å²) in [6, 6.07) is 23.0. The number of hydrogen-bond acceptors (Lipinski definition) is 1. The van der Waals surface area contributed by atoms with E-state index in [-0.39, 0.29) is 6.04 Å². The molecule has 2 heteroatoms. The van der Waals surface area contributed by atoms with Crippen molar-refractivity contribution in [2.45, 2.75) is 18.9 Å². The van der Waals surface area contributed by atoms with Crippen molar-refractivity contribution in [1.29, 1.82) is 0 Å². The Hall–Kier alpha value is -1.83. The highest BCUT2D eigenvalue weighted by atomic mass is 35.5. The summed E-state index contributed by atoms with van der Waals surface area (Å²) in [7, 11) is 0. The van der Waals surface area contributed by atoms with E-state index in [0.29, 0.717) is 0 Å². The first-order chi connectivity index (χ1) is 10.2. The molecular weight excluding hydrogens is 278 g/mol. The molecule has 106 valence electrons. The van der Waals surface area contributed by atoms with Crippen LogP contribution < -0.4 is 5.73 Å². The minimum absolute atomic E-state index is 0.102. The number of nitrogens with two attached hydrogens (primary N) is 1. The van der Waals surface area contributed by atoms with Gasteiger partial charge in [-0.3, -0.25) is 0 Å². The van der Waals surface area contributed by atoms with Crippen LogP contribution in [0.2, 0.25) is 5.02 Å². The number of hydrogen-bond donors (Lipinski definition) is 1. The molecule has 0 amide bonds. The summed E-state index contributed by atoms with van der Waals surface area (Å²) in [5.41, 5.74) is 8.76. The molecule has 1 nitrogen and oxygen atoms in total. The van der Waals surface area contributed by atoms with Crippen molar-refractivity contribution >= 4 is 22.4 Å². The second-order valence-corrected chi connectivity index (χ2v) is 5.92. The summed E-state index contributed by atoms with van der Waals surface area (Å²) < 4.78 is 0. The van der Waals surface area contributed by atoms with Gasteiger partial charge in [0.05, 0.1) is 0 Å². The summed E-state index contributed by atoms with van der Waals surface area (Å²) in [5, 5.41) is 3.31. The van der Waals surface area contributed by atoms with Crippen LogP contribution in [0.5, 0.6) is 0 Å². The lowest BCUT2D eigenvalue weighted by molar-refractivity contribution is 0.665. The van der Waals surface area contributed by atoms with Gasteiger partial charge in [-0.1, -0.05) is 66.2 Å². The van der Waals surface area contributed by atoms with Gasteiger partial charge in [-0.15, -0.1) is 0 Å². The molecule has 3 aromatic rings. The van der Waals surface area contributed by atoms with Crippen LogP contribution in [0.15, 0.2) is 66.7 Å². The van der Waals surface area contributed by atoms with Crippen molar-refractivity contribution in [2.75, 3.05) is 0 Å². The maximum absolute atomic E-state index is 6.29. The summed E-state index contributed by atoms with van der Waals surface area (Å²) in [6.07, 6.45) is 1.71. The average Bonchev–Trinajstić information content (AvgIpc) is 2.47. The molecule has 0 fully saturated rings. The third-order valence-electron chi connectivity index (χ3n) is 3.70. The normalized spacial score (nSPS) is 12.5. The van der Waals surface area contributed by atoms with E-state index in [2.05, 4.69) is 48.5 Å². The van der Waals surface area contributed by atoms with E-state index in [4.69, 9.17) is 17.3 Å². The van der Waals surface area contributed by atoms with E-state index in [1.165, 1.54) is 21.9 Å². The Balaban J connectivity index is 1.72. The Bertz CT molecular complexity index is 751. The molecule has 1 unspecified atom stereocenters. The molecule has 0 saturated carbocycles. The van der Waals surface area contributed by atoms with E-state index in [1.54, 1.807) is 0 Å². The summed E-state index contributed by atoms with van der Waals surface area (Å²) in [4.78, 5) is 0. The highest BCUT2D eigenvalue weighted by Gasteiger charge is 2.06. The predicted molar refractivity (Wildman–Crippen MR) is 90.8 cm³/mol. The fourth-order valence-corrected chi connectivity index (χ4v) is 2.92. The Morgan fingerprint density at radius 1 is 0.762 bits per heavy atom. The van der Waals surface area contributed by atoms with Crippen LogP contribution in [0.1, 0.15) is 11.1 Å². The second-order valence-electron chi connectivity index (χ2n) is 5.48. The first-order valence-corrected chi connectivity index (χ1v) is 7.56. The second kappa shape index (κ2) is 6.30. The molecule has 3 rings (SSSR count). The molecule has 2 N–H and O–H groups in total.